The summed E-state index contributed by atoms with van der Waals surface area (Å²) in [6, 6.07) is 0. The molecule has 3 fully saturated rings. The summed E-state index contributed by atoms with van der Waals surface area (Å²) >= 11 is 0. The van der Waals surface area contributed by atoms with Gasteiger partial charge in [0.25, 0.3) is 5.97 Å². The van der Waals surface area contributed by atoms with Gasteiger partial charge in [0.2, 0.25) is 0 Å². The van der Waals surface area contributed by atoms with Crippen molar-refractivity contribution in [3.8, 4) is 11.5 Å². The SMILES string of the molecule is COc1c2c(c(C)c3c1C(=O)OC3)O[C@]1(C)C[C@H](O)[C@@]34O[C@@](O)(CC[C@]3(C)[C@@H]1C2)OC4(C)C. The van der Waals surface area contributed by atoms with Gasteiger partial charge in [-0.1, -0.05) is 6.92 Å². The third kappa shape index (κ3) is 2.29. The molecule has 2 saturated heterocycles. The van der Waals surface area contributed by atoms with Gasteiger partial charge in [0.05, 0.1) is 13.2 Å². The minimum absolute atomic E-state index is 0.0878. The number of hydrogen-bond acceptors (Lipinski definition) is 8. The van der Waals surface area contributed by atoms with Gasteiger partial charge in [-0.25, -0.2) is 4.79 Å². The molecule has 0 aromatic heterocycles. The molecule has 0 radical (unpaired) electrons. The molecule has 5 aliphatic rings. The Hall–Kier alpha value is -1.87. The first-order valence-corrected chi connectivity index (χ1v) is 11.7. The molecule has 180 valence electrons. The molecule has 2 N–H and O–H groups in total. The molecule has 6 atom stereocenters. The van der Waals surface area contributed by atoms with Crippen LogP contribution >= 0.6 is 0 Å². The molecule has 1 aliphatic carbocycles. The first kappa shape index (κ1) is 21.6. The van der Waals surface area contributed by atoms with E-state index in [0.717, 1.165) is 16.7 Å². The monoisotopic (exact) mass is 460 g/mol. The molecule has 6 rings (SSSR count). The fourth-order valence-corrected chi connectivity index (χ4v) is 8.09. The molecule has 4 aliphatic heterocycles. The van der Waals surface area contributed by atoms with Crippen LogP contribution in [0.3, 0.4) is 0 Å². The number of ether oxygens (including phenoxy) is 5. The van der Waals surface area contributed by atoms with Crippen LogP contribution in [-0.4, -0.2) is 52.2 Å². The fraction of sp³-hybridized carbons (Fsp3) is 0.720. The van der Waals surface area contributed by atoms with Gasteiger partial charge in [-0.05, 0) is 46.1 Å². The van der Waals surface area contributed by atoms with Gasteiger partial charge in [-0.3, -0.25) is 0 Å². The van der Waals surface area contributed by atoms with Crippen molar-refractivity contribution >= 4 is 5.97 Å². The van der Waals surface area contributed by atoms with Crippen LogP contribution in [-0.2, 0) is 27.2 Å². The number of benzene rings is 1. The molecule has 1 saturated carbocycles. The van der Waals surface area contributed by atoms with Crippen LogP contribution in [0.1, 0.15) is 74.0 Å². The van der Waals surface area contributed by atoms with E-state index >= 15 is 0 Å². The van der Waals surface area contributed by atoms with Crippen molar-refractivity contribution in [2.45, 2.75) is 95.8 Å². The molecular formula is C25H32O8. The largest absolute Gasteiger partial charge is 0.495 e. The molecule has 1 aromatic carbocycles. The zero-order valence-corrected chi connectivity index (χ0v) is 20.0. The van der Waals surface area contributed by atoms with E-state index in [9.17, 15) is 15.0 Å². The van der Waals surface area contributed by atoms with Crippen LogP contribution in [0.4, 0.5) is 0 Å². The van der Waals surface area contributed by atoms with Crippen molar-refractivity contribution in [3.63, 3.8) is 0 Å². The second-order valence-corrected chi connectivity index (χ2v) is 11.4. The van der Waals surface area contributed by atoms with Crippen LogP contribution in [0.15, 0.2) is 0 Å². The molecule has 8 nitrogen and oxygen atoms in total. The zero-order valence-electron chi connectivity index (χ0n) is 20.0. The summed E-state index contributed by atoms with van der Waals surface area (Å²) in [6.07, 6.45) is 0.893. The van der Waals surface area contributed by atoms with E-state index in [1.807, 2.05) is 27.7 Å². The molecule has 1 aromatic rings. The van der Waals surface area contributed by atoms with Crippen molar-refractivity contribution < 1.29 is 38.7 Å². The molecular weight excluding hydrogens is 428 g/mol. The minimum Gasteiger partial charge on any atom is -0.495 e. The summed E-state index contributed by atoms with van der Waals surface area (Å²) in [4.78, 5) is 12.5. The first-order valence-electron chi connectivity index (χ1n) is 11.7. The van der Waals surface area contributed by atoms with Crippen LogP contribution < -0.4 is 9.47 Å². The van der Waals surface area contributed by atoms with Crippen LogP contribution in [0.25, 0.3) is 0 Å². The van der Waals surface area contributed by atoms with Gasteiger partial charge in [0.15, 0.2) is 0 Å². The summed E-state index contributed by atoms with van der Waals surface area (Å²) < 4.78 is 30.2. The molecule has 2 bridgehead atoms. The van der Waals surface area contributed by atoms with Crippen molar-refractivity contribution in [1.29, 1.82) is 0 Å². The number of cyclic esters (lactones) is 1. The lowest BCUT2D eigenvalue weighted by molar-refractivity contribution is -0.384. The highest BCUT2D eigenvalue weighted by molar-refractivity contribution is 5.98. The van der Waals surface area contributed by atoms with Crippen molar-refractivity contribution in [2.24, 2.45) is 11.3 Å². The number of fused-ring (bicyclic) bond motifs is 5. The van der Waals surface area contributed by atoms with E-state index in [1.54, 1.807) is 7.11 Å². The third-order valence-corrected chi connectivity index (χ3v) is 9.38. The number of hydrogen-bond donors (Lipinski definition) is 2. The highest BCUT2D eigenvalue weighted by Crippen LogP contribution is 2.70. The van der Waals surface area contributed by atoms with Gasteiger partial charge >= 0.3 is 5.97 Å². The van der Waals surface area contributed by atoms with Gasteiger partial charge in [-0.15, -0.1) is 0 Å². The molecule has 0 amide bonds. The van der Waals surface area contributed by atoms with E-state index in [1.165, 1.54) is 0 Å². The maximum absolute atomic E-state index is 12.5. The van der Waals surface area contributed by atoms with Crippen LogP contribution in [0.5, 0.6) is 11.5 Å². The number of carbonyl (C=O) groups is 1. The second kappa shape index (κ2) is 6.03. The summed E-state index contributed by atoms with van der Waals surface area (Å²) in [6.45, 7) is 10.1. The van der Waals surface area contributed by atoms with Gasteiger partial charge in [0, 0.05) is 35.3 Å². The molecule has 1 spiro atoms. The quantitative estimate of drug-likeness (QED) is 0.617. The Bertz CT molecular complexity index is 1100. The highest BCUT2D eigenvalue weighted by atomic mass is 16.9. The van der Waals surface area contributed by atoms with E-state index < -0.39 is 34.3 Å². The Morgan fingerprint density at radius 3 is 2.52 bits per heavy atom. The normalized spacial score (nSPS) is 44.2. The molecule has 8 heteroatoms. The summed E-state index contributed by atoms with van der Waals surface area (Å²) in [5.41, 5.74) is -0.292. The Morgan fingerprint density at radius 2 is 1.82 bits per heavy atom. The van der Waals surface area contributed by atoms with Crippen molar-refractivity contribution in [2.75, 3.05) is 7.11 Å². The Kier molecular flexibility index (Phi) is 3.95. The van der Waals surface area contributed by atoms with Crippen LogP contribution in [0, 0.1) is 18.3 Å². The Morgan fingerprint density at radius 1 is 1.09 bits per heavy atom. The van der Waals surface area contributed by atoms with E-state index in [2.05, 4.69) is 6.92 Å². The first-order chi connectivity index (χ1) is 15.3. The summed E-state index contributed by atoms with van der Waals surface area (Å²) in [5.74, 6) is -0.947. The number of carbonyl (C=O) groups excluding carboxylic acids is 1. The predicted molar refractivity (Wildman–Crippen MR) is 115 cm³/mol. The summed E-state index contributed by atoms with van der Waals surface area (Å²) in [7, 11) is 1.57. The number of rotatable bonds is 1. The average Bonchev–Trinajstić information content (AvgIpc) is 3.19. The molecule has 4 heterocycles. The fourth-order valence-electron chi connectivity index (χ4n) is 8.09. The van der Waals surface area contributed by atoms with Gasteiger partial charge < -0.3 is 33.9 Å². The number of aliphatic hydroxyl groups excluding tert-OH is 1. The number of esters is 1. The second-order valence-electron chi connectivity index (χ2n) is 11.4. The lowest BCUT2D eigenvalue weighted by atomic mass is 9.46. The maximum atomic E-state index is 12.5. The van der Waals surface area contributed by atoms with Gasteiger partial charge in [0.1, 0.15) is 40.5 Å². The number of aliphatic hydroxyl groups is 2. The Labute approximate surface area is 193 Å². The van der Waals surface area contributed by atoms with E-state index in [-0.39, 0.29) is 18.5 Å². The van der Waals surface area contributed by atoms with Gasteiger partial charge in [-0.2, -0.15) is 0 Å². The topological polar surface area (TPSA) is 104 Å². The third-order valence-electron chi connectivity index (χ3n) is 9.38. The van der Waals surface area contributed by atoms with E-state index in [4.69, 9.17) is 23.7 Å². The smallest absolute Gasteiger partial charge is 0.342 e. The maximum Gasteiger partial charge on any atom is 0.342 e. The summed E-state index contributed by atoms with van der Waals surface area (Å²) in [5, 5.41) is 22.6. The molecule has 33 heavy (non-hydrogen) atoms. The van der Waals surface area contributed by atoms with Crippen molar-refractivity contribution in [1.82, 2.24) is 0 Å². The van der Waals surface area contributed by atoms with Crippen LogP contribution in [0.2, 0.25) is 0 Å². The lowest BCUT2D eigenvalue weighted by Gasteiger charge is -2.66. The molecule has 0 unspecified atom stereocenters. The highest BCUT2D eigenvalue weighted by Gasteiger charge is 2.80. The number of methoxy groups -OCH3 is 1. The average molecular weight is 461 g/mol. The van der Waals surface area contributed by atoms with Crippen molar-refractivity contribution in [3.05, 3.63) is 22.3 Å². The Balaban J connectivity index is 1.56. The zero-order chi connectivity index (χ0) is 23.8. The lowest BCUT2D eigenvalue weighted by Crippen LogP contribution is -2.76. The van der Waals surface area contributed by atoms with E-state index in [0.29, 0.717) is 42.7 Å². The minimum atomic E-state index is -1.70. The predicted octanol–water partition coefficient (Wildman–Crippen LogP) is 2.76. The standard InChI is InChI=1S/C25H32O8/c1-12-14-11-30-20(27)17(14)19(29-6)13-9-15-22(4)7-8-24(28)32-21(2,3)25(22,33-24)16(26)10-23(15,5)31-18(12)13/h15-16,26,28H,7-11H2,1-6H3/t15-,16-,22+,23+,24+,25-/m0/s1.